The second-order valence-electron chi connectivity index (χ2n) is 12.1. The third kappa shape index (κ3) is 7.04. The highest BCUT2D eigenvalue weighted by molar-refractivity contribution is 7.87. The van der Waals surface area contributed by atoms with E-state index in [2.05, 4.69) is 9.62 Å². The predicted molar refractivity (Wildman–Crippen MR) is 166 cm³/mol. The van der Waals surface area contributed by atoms with Crippen molar-refractivity contribution in [3.63, 3.8) is 0 Å². The van der Waals surface area contributed by atoms with Crippen LogP contribution in [0.5, 0.6) is 5.75 Å². The Morgan fingerprint density at radius 1 is 1.05 bits per heavy atom. The maximum absolute atomic E-state index is 13.5. The first-order valence-electron chi connectivity index (χ1n) is 15.3. The third-order valence-corrected chi connectivity index (χ3v) is 10.9. The molecule has 0 aromatic heterocycles. The number of fused-ring (bicyclic) bond motifs is 3. The molecule has 4 aliphatic rings. The van der Waals surface area contributed by atoms with Crippen LogP contribution in [-0.2, 0) is 28.0 Å². The van der Waals surface area contributed by atoms with Crippen LogP contribution < -0.4 is 14.4 Å². The number of rotatable bonds is 2. The van der Waals surface area contributed by atoms with Gasteiger partial charge in [0.25, 0.3) is 5.91 Å². The number of nitrogens with zero attached hydrogens (tertiary/aromatic N) is 2. The number of hydrogen-bond donors (Lipinski definition) is 2. The number of aryl methyl sites for hydroxylation is 1. The van der Waals surface area contributed by atoms with Gasteiger partial charge in [0, 0.05) is 43.4 Å². The number of anilines is 1. The molecule has 1 amide bonds. The van der Waals surface area contributed by atoms with Crippen molar-refractivity contribution in [2.24, 2.45) is 11.8 Å². The summed E-state index contributed by atoms with van der Waals surface area (Å²) in [4.78, 5) is 15.7. The zero-order valence-corrected chi connectivity index (χ0v) is 25.9. The Balaban J connectivity index is 1.35. The molecule has 11 heteroatoms. The van der Waals surface area contributed by atoms with Gasteiger partial charge in [0.05, 0.1) is 17.9 Å². The number of carbonyl (C=O) groups excluding carboxylic acids is 1. The van der Waals surface area contributed by atoms with E-state index in [1.807, 2.05) is 24.3 Å². The number of halogens is 1. The SMILES string of the molecule is O=C1NS(=O)(=O)N(C[C@H]2CCO2)CC/C=C/C(O)[C@@H]2CC[C@H]2CN2CCCCc3cc(Cl)ccc3COc3ccc1cc32. The summed E-state index contributed by atoms with van der Waals surface area (Å²) in [6.07, 6.45) is 8.76. The molecule has 1 saturated carbocycles. The number of aliphatic hydroxyl groups excluding tert-OH is 1. The average molecular weight is 630 g/mol. The van der Waals surface area contributed by atoms with Crippen molar-refractivity contribution in [3.8, 4) is 5.75 Å². The zero-order valence-electron chi connectivity index (χ0n) is 24.3. The van der Waals surface area contributed by atoms with Crippen LogP contribution in [0.4, 0.5) is 5.69 Å². The molecule has 1 aliphatic carbocycles. The summed E-state index contributed by atoms with van der Waals surface area (Å²) in [6.45, 7) is 2.75. The van der Waals surface area contributed by atoms with Gasteiger partial charge in [-0.1, -0.05) is 29.8 Å². The number of amides is 1. The predicted octanol–water partition coefficient (Wildman–Crippen LogP) is 4.47. The molecule has 9 nitrogen and oxygen atoms in total. The summed E-state index contributed by atoms with van der Waals surface area (Å²) in [5, 5.41) is 11.8. The second-order valence-corrected chi connectivity index (χ2v) is 14.2. The Kier molecular flexibility index (Phi) is 9.30. The van der Waals surface area contributed by atoms with E-state index in [4.69, 9.17) is 21.1 Å². The van der Waals surface area contributed by atoms with E-state index in [-0.39, 0.29) is 36.6 Å². The van der Waals surface area contributed by atoms with E-state index in [1.165, 1.54) is 9.87 Å². The standard InChI is InChI=1S/C32H40ClN3O6S/c33-26-10-7-25-21-42-31-12-9-23-18-29(31)35(14-3-1-5-22(25)17-26)19-24-8-11-28(24)30(37)6-2-4-15-36(20-27-13-16-41-27)43(39,40)34-32(23)38/h2,6-7,9-10,12,17-18,24,27-28,30,37H,1,3-5,8,11,13-16,19-21H2,(H,34,38)/b6-2+/t24-,27+,28+,30?/m0/s1. The van der Waals surface area contributed by atoms with Crippen molar-refractivity contribution in [1.82, 2.24) is 9.03 Å². The van der Waals surface area contributed by atoms with Crippen LogP contribution in [0, 0.1) is 11.8 Å². The lowest BCUT2D eigenvalue weighted by atomic mass is 9.70. The van der Waals surface area contributed by atoms with Crippen molar-refractivity contribution in [3.05, 3.63) is 70.3 Å². The summed E-state index contributed by atoms with van der Waals surface area (Å²) in [6, 6.07) is 11.0. The molecule has 2 fully saturated rings. The minimum atomic E-state index is -4.14. The van der Waals surface area contributed by atoms with Gasteiger partial charge < -0.3 is 19.5 Å². The molecule has 3 heterocycles. The molecule has 0 spiro atoms. The molecule has 2 bridgehead atoms. The first-order valence-corrected chi connectivity index (χ1v) is 17.2. The lowest BCUT2D eigenvalue weighted by Crippen LogP contribution is -2.49. The number of nitrogens with one attached hydrogen (secondary N) is 1. The summed E-state index contributed by atoms with van der Waals surface area (Å²) in [7, 11) is -4.14. The first kappa shape index (κ1) is 30.4. The lowest BCUT2D eigenvalue weighted by molar-refractivity contribution is -0.0574. The van der Waals surface area contributed by atoms with Gasteiger partial charge in [0.2, 0.25) is 0 Å². The van der Waals surface area contributed by atoms with Crippen molar-refractivity contribution in [1.29, 1.82) is 0 Å². The van der Waals surface area contributed by atoms with E-state index in [9.17, 15) is 18.3 Å². The van der Waals surface area contributed by atoms with Crippen molar-refractivity contribution < 1.29 is 27.8 Å². The van der Waals surface area contributed by atoms with E-state index in [0.717, 1.165) is 56.3 Å². The fraction of sp³-hybridized carbons (Fsp3) is 0.531. The maximum Gasteiger partial charge on any atom is 0.304 e. The van der Waals surface area contributed by atoms with E-state index in [1.54, 1.807) is 24.3 Å². The Morgan fingerprint density at radius 3 is 2.67 bits per heavy atom. The number of ether oxygens (including phenoxy) is 2. The monoisotopic (exact) mass is 629 g/mol. The molecular formula is C32H40ClN3O6S. The van der Waals surface area contributed by atoms with E-state index in [0.29, 0.717) is 37.0 Å². The molecular weight excluding hydrogens is 590 g/mol. The van der Waals surface area contributed by atoms with E-state index >= 15 is 0 Å². The minimum absolute atomic E-state index is 0.118. The number of carbonyl (C=O) groups is 1. The highest BCUT2D eigenvalue weighted by Crippen LogP contribution is 2.41. The maximum atomic E-state index is 13.5. The lowest BCUT2D eigenvalue weighted by Gasteiger charge is -2.42. The first-order chi connectivity index (χ1) is 20.8. The number of benzene rings is 2. The van der Waals surface area contributed by atoms with Crippen LogP contribution in [0.15, 0.2) is 48.6 Å². The number of aliphatic hydroxyl groups is 1. The zero-order chi connectivity index (χ0) is 30.0. The van der Waals surface area contributed by atoms with Crippen molar-refractivity contribution in [2.75, 3.05) is 37.7 Å². The molecule has 43 heavy (non-hydrogen) atoms. The summed E-state index contributed by atoms with van der Waals surface area (Å²) < 4.78 is 42.3. The van der Waals surface area contributed by atoms with Gasteiger partial charge >= 0.3 is 10.2 Å². The topological polar surface area (TPSA) is 108 Å². The molecule has 3 aliphatic heterocycles. The normalized spacial score (nSPS) is 28.9. The molecule has 2 aromatic rings. The fourth-order valence-electron chi connectivity index (χ4n) is 6.44. The summed E-state index contributed by atoms with van der Waals surface area (Å²) >= 11 is 6.31. The van der Waals surface area contributed by atoms with Crippen LogP contribution in [0.1, 0.15) is 60.0 Å². The molecule has 1 unspecified atom stereocenters. The average Bonchev–Trinajstić information content (AvgIpc) is 2.96. The smallest absolute Gasteiger partial charge is 0.304 e. The van der Waals surface area contributed by atoms with Crippen LogP contribution in [-0.4, -0.2) is 68.7 Å². The molecule has 1 saturated heterocycles. The van der Waals surface area contributed by atoms with Gasteiger partial charge in [-0.25, -0.2) is 4.72 Å². The van der Waals surface area contributed by atoms with Gasteiger partial charge in [-0.2, -0.15) is 12.7 Å². The molecule has 232 valence electrons. The Morgan fingerprint density at radius 2 is 1.91 bits per heavy atom. The van der Waals surface area contributed by atoms with Crippen molar-refractivity contribution >= 4 is 33.4 Å². The summed E-state index contributed by atoms with van der Waals surface area (Å²) in [5.41, 5.74) is 3.23. The molecule has 0 radical (unpaired) electrons. The van der Waals surface area contributed by atoms with Gasteiger partial charge in [-0.05, 0) is 98.2 Å². The highest BCUT2D eigenvalue weighted by Gasteiger charge is 2.37. The van der Waals surface area contributed by atoms with Gasteiger partial charge in [0.15, 0.2) is 0 Å². The molecule has 2 aromatic carbocycles. The van der Waals surface area contributed by atoms with Crippen LogP contribution in [0.3, 0.4) is 0 Å². The Labute approximate surface area is 259 Å². The second kappa shape index (κ2) is 13.2. The van der Waals surface area contributed by atoms with Crippen LogP contribution >= 0.6 is 11.6 Å². The molecule has 4 atom stereocenters. The number of hydrogen-bond acceptors (Lipinski definition) is 7. The Hall–Kier alpha value is -2.63. The molecule has 6 rings (SSSR count). The third-order valence-electron chi connectivity index (χ3n) is 9.25. The fourth-order valence-corrected chi connectivity index (χ4v) is 7.82. The Bertz CT molecular complexity index is 1460. The van der Waals surface area contributed by atoms with Crippen molar-refractivity contribution in [2.45, 2.75) is 63.8 Å². The molecule has 2 N–H and O–H groups in total. The quantitative estimate of drug-likeness (QED) is 0.472. The van der Waals surface area contributed by atoms with Gasteiger partial charge in [-0.15, -0.1) is 0 Å². The van der Waals surface area contributed by atoms with E-state index < -0.39 is 22.2 Å². The van der Waals surface area contributed by atoms with Gasteiger partial charge in [-0.3, -0.25) is 4.79 Å². The van der Waals surface area contributed by atoms with Crippen LogP contribution in [0.2, 0.25) is 5.02 Å². The van der Waals surface area contributed by atoms with Gasteiger partial charge in [0.1, 0.15) is 12.4 Å². The van der Waals surface area contributed by atoms with Crippen LogP contribution in [0.25, 0.3) is 0 Å². The summed E-state index contributed by atoms with van der Waals surface area (Å²) in [5.74, 6) is 0.346. The highest BCUT2D eigenvalue weighted by atomic mass is 35.5. The largest absolute Gasteiger partial charge is 0.487 e. The minimum Gasteiger partial charge on any atom is -0.487 e.